The molecule has 112 valence electrons. The molecular weight excluding hydrogens is 257 g/mol. The van der Waals surface area contributed by atoms with Gasteiger partial charge in [-0.15, -0.1) is 0 Å². The normalized spacial score (nSPS) is 17.6. The molecule has 3 nitrogen and oxygen atoms in total. The van der Waals surface area contributed by atoms with Crippen LogP contribution in [-0.2, 0) is 6.54 Å². The standard InChI is InChI=1S/C16H24FNO2/c1-12(2)18-10-13-5-6-15(14(17)9-13)20-11-16(19)7-3-4-8-16/h5-6,9,12,18-19H,3-4,7-8,10-11H2,1-2H3. The Hall–Kier alpha value is -1.13. The van der Waals surface area contributed by atoms with Gasteiger partial charge >= 0.3 is 0 Å². The zero-order valence-electron chi connectivity index (χ0n) is 12.3. The van der Waals surface area contributed by atoms with Crippen molar-refractivity contribution < 1.29 is 14.2 Å². The van der Waals surface area contributed by atoms with Crippen molar-refractivity contribution in [2.45, 2.75) is 57.7 Å². The van der Waals surface area contributed by atoms with Crippen molar-refractivity contribution in [3.05, 3.63) is 29.6 Å². The zero-order valence-corrected chi connectivity index (χ0v) is 12.3. The molecule has 0 atom stereocenters. The fraction of sp³-hybridized carbons (Fsp3) is 0.625. The topological polar surface area (TPSA) is 41.5 Å². The molecule has 0 saturated heterocycles. The number of hydrogen-bond donors (Lipinski definition) is 2. The number of halogens is 1. The Morgan fingerprint density at radius 2 is 2.05 bits per heavy atom. The van der Waals surface area contributed by atoms with Gasteiger partial charge in [0.15, 0.2) is 11.6 Å². The average molecular weight is 281 g/mol. The highest BCUT2D eigenvalue weighted by atomic mass is 19.1. The van der Waals surface area contributed by atoms with E-state index in [9.17, 15) is 9.50 Å². The largest absolute Gasteiger partial charge is 0.488 e. The van der Waals surface area contributed by atoms with Gasteiger partial charge in [-0.3, -0.25) is 0 Å². The fourth-order valence-electron chi connectivity index (χ4n) is 2.48. The molecule has 0 radical (unpaired) electrons. The van der Waals surface area contributed by atoms with E-state index in [2.05, 4.69) is 19.2 Å². The summed E-state index contributed by atoms with van der Waals surface area (Å²) in [7, 11) is 0. The minimum atomic E-state index is -0.774. The van der Waals surface area contributed by atoms with Crippen molar-refractivity contribution in [1.29, 1.82) is 0 Å². The predicted octanol–water partition coefficient (Wildman–Crippen LogP) is 3.01. The van der Waals surface area contributed by atoms with E-state index < -0.39 is 5.60 Å². The molecule has 0 aliphatic heterocycles. The summed E-state index contributed by atoms with van der Waals surface area (Å²) in [4.78, 5) is 0. The summed E-state index contributed by atoms with van der Waals surface area (Å²) >= 11 is 0. The van der Waals surface area contributed by atoms with Gasteiger partial charge in [-0.2, -0.15) is 0 Å². The Balaban J connectivity index is 1.92. The Bertz CT molecular complexity index is 442. The van der Waals surface area contributed by atoms with Crippen molar-refractivity contribution in [1.82, 2.24) is 5.32 Å². The van der Waals surface area contributed by atoms with E-state index in [0.717, 1.165) is 31.2 Å². The third-order valence-corrected chi connectivity index (χ3v) is 3.74. The van der Waals surface area contributed by atoms with Crippen LogP contribution in [0, 0.1) is 5.82 Å². The van der Waals surface area contributed by atoms with Gasteiger partial charge in [0.25, 0.3) is 0 Å². The van der Waals surface area contributed by atoms with Crippen molar-refractivity contribution in [3.63, 3.8) is 0 Å². The van der Waals surface area contributed by atoms with Gasteiger partial charge in [0.05, 0.1) is 5.60 Å². The quantitative estimate of drug-likeness (QED) is 0.842. The van der Waals surface area contributed by atoms with Crippen LogP contribution in [0.15, 0.2) is 18.2 Å². The number of benzene rings is 1. The van der Waals surface area contributed by atoms with Gasteiger partial charge < -0.3 is 15.2 Å². The molecule has 20 heavy (non-hydrogen) atoms. The van der Waals surface area contributed by atoms with Crippen LogP contribution >= 0.6 is 0 Å². The molecule has 1 saturated carbocycles. The van der Waals surface area contributed by atoms with E-state index >= 15 is 0 Å². The number of hydrogen-bond acceptors (Lipinski definition) is 3. The molecule has 0 bridgehead atoms. The summed E-state index contributed by atoms with van der Waals surface area (Å²) in [5.74, 6) is -0.145. The van der Waals surface area contributed by atoms with Crippen molar-refractivity contribution >= 4 is 0 Å². The first-order valence-electron chi connectivity index (χ1n) is 7.35. The summed E-state index contributed by atoms with van der Waals surface area (Å²) in [6, 6.07) is 5.35. The van der Waals surface area contributed by atoms with Crippen LogP contribution in [0.4, 0.5) is 4.39 Å². The minimum Gasteiger partial charge on any atom is -0.488 e. The molecule has 1 aliphatic rings. The van der Waals surface area contributed by atoms with Crippen LogP contribution in [0.3, 0.4) is 0 Å². The van der Waals surface area contributed by atoms with Gasteiger partial charge in [-0.1, -0.05) is 32.8 Å². The minimum absolute atomic E-state index is 0.174. The van der Waals surface area contributed by atoms with E-state index in [1.807, 2.05) is 6.07 Å². The highest BCUT2D eigenvalue weighted by molar-refractivity contribution is 5.29. The maximum Gasteiger partial charge on any atom is 0.165 e. The van der Waals surface area contributed by atoms with Crippen molar-refractivity contribution in [3.8, 4) is 5.75 Å². The van der Waals surface area contributed by atoms with Gasteiger partial charge in [-0.25, -0.2) is 4.39 Å². The molecule has 0 heterocycles. The number of ether oxygens (including phenoxy) is 1. The monoisotopic (exact) mass is 281 g/mol. The Labute approximate surface area is 120 Å². The summed E-state index contributed by atoms with van der Waals surface area (Å²) in [5, 5.41) is 13.4. The first-order chi connectivity index (χ1) is 9.48. The molecule has 0 amide bonds. The lowest BCUT2D eigenvalue weighted by molar-refractivity contribution is 0.000325. The molecule has 1 aliphatic carbocycles. The molecular formula is C16H24FNO2. The third kappa shape index (κ3) is 4.18. The van der Waals surface area contributed by atoms with Crippen LogP contribution in [0.25, 0.3) is 0 Å². The third-order valence-electron chi connectivity index (χ3n) is 3.74. The molecule has 1 aromatic carbocycles. The highest BCUT2D eigenvalue weighted by Crippen LogP contribution is 2.30. The number of rotatable bonds is 6. The van der Waals surface area contributed by atoms with Crippen molar-refractivity contribution in [2.75, 3.05) is 6.61 Å². The molecule has 1 aromatic rings. The number of nitrogens with one attached hydrogen (secondary N) is 1. The second kappa shape index (κ2) is 6.55. The van der Waals surface area contributed by atoms with E-state index in [1.54, 1.807) is 6.07 Å². The SMILES string of the molecule is CC(C)NCc1ccc(OCC2(O)CCCC2)c(F)c1. The Morgan fingerprint density at radius 1 is 1.35 bits per heavy atom. The summed E-state index contributed by atoms with van der Waals surface area (Å²) in [6.07, 6.45) is 3.51. The Kier molecular flexibility index (Phi) is 5.00. The molecule has 1 fully saturated rings. The first-order valence-corrected chi connectivity index (χ1v) is 7.35. The maximum atomic E-state index is 13.9. The summed E-state index contributed by atoms with van der Waals surface area (Å²) in [6.45, 7) is 4.92. The lowest BCUT2D eigenvalue weighted by Crippen LogP contribution is -2.32. The van der Waals surface area contributed by atoms with Crippen LogP contribution in [0.2, 0.25) is 0 Å². The molecule has 0 aromatic heterocycles. The highest BCUT2D eigenvalue weighted by Gasteiger charge is 2.32. The summed E-state index contributed by atoms with van der Waals surface area (Å²) < 4.78 is 19.4. The average Bonchev–Trinajstić information content (AvgIpc) is 2.82. The second-order valence-corrected chi connectivity index (χ2v) is 6.02. The first kappa shape index (κ1) is 15.3. The van der Waals surface area contributed by atoms with Crippen LogP contribution in [0.5, 0.6) is 5.75 Å². The Morgan fingerprint density at radius 3 is 2.65 bits per heavy atom. The number of aliphatic hydroxyl groups is 1. The molecule has 0 spiro atoms. The van der Waals surface area contributed by atoms with Crippen LogP contribution in [0.1, 0.15) is 45.1 Å². The van der Waals surface area contributed by atoms with E-state index in [4.69, 9.17) is 4.74 Å². The maximum absolute atomic E-state index is 13.9. The molecule has 2 N–H and O–H groups in total. The van der Waals surface area contributed by atoms with E-state index in [-0.39, 0.29) is 18.2 Å². The molecule has 2 rings (SSSR count). The second-order valence-electron chi connectivity index (χ2n) is 6.02. The predicted molar refractivity (Wildman–Crippen MR) is 77.3 cm³/mol. The van der Waals surface area contributed by atoms with Crippen LogP contribution < -0.4 is 10.1 Å². The van der Waals surface area contributed by atoms with Crippen LogP contribution in [-0.4, -0.2) is 23.4 Å². The van der Waals surface area contributed by atoms with Gasteiger partial charge in [0.1, 0.15) is 6.61 Å². The van der Waals surface area contributed by atoms with E-state index in [1.165, 1.54) is 6.07 Å². The summed E-state index contributed by atoms with van der Waals surface area (Å²) in [5.41, 5.74) is 0.118. The smallest absolute Gasteiger partial charge is 0.165 e. The van der Waals surface area contributed by atoms with Gasteiger partial charge in [-0.05, 0) is 30.5 Å². The fourth-order valence-corrected chi connectivity index (χ4v) is 2.48. The van der Waals surface area contributed by atoms with E-state index in [0.29, 0.717) is 12.6 Å². The lowest BCUT2D eigenvalue weighted by Gasteiger charge is -2.22. The zero-order chi connectivity index (χ0) is 14.6. The lowest BCUT2D eigenvalue weighted by atomic mass is 10.0. The molecule has 4 heteroatoms. The van der Waals surface area contributed by atoms with Gasteiger partial charge in [0.2, 0.25) is 0 Å². The molecule has 0 unspecified atom stereocenters. The van der Waals surface area contributed by atoms with Crippen molar-refractivity contribution in [2.24, 2.45) is 0 Å². The van der Waals surface area contributed by atoms with Gasteiger partial charge in [0, 0.05) is 12.6 Å².